The Labute approximate surface area is 51.8 Å². The average Bonchev–Trinajstić information content (AvgIpc) is 1.36. The van der Waals surface area contributed by atoms with Gasteiger partial charge in [-0.15, -0.1) is 0 Å². The first-order valence-corrected chi connectivity index (χ1v) is 1.55. The van der Waals surface area contributed by atoms with Crippen LogP contribution in [0, 0.1) is 0 Å². The van der Waals surface area contributed by atoms with Crippen molar-refractivity contribution in [1.82, 2.24) is 0 Å². The van der Waals surface area contributed by atoms with Gasteiger partial charge in [-0.3, -0.25) is 0 Å². The SMILES string of the molecule is CC(O)C(=O)O.[SeH2]. The molecular weight excluding hydrogens is 163 g/mol. The van der Waals surface area contributed by atoms with Crippen LogP contribution in [0.1, 0.15) is 6.92 Å². The molecule has 0 heterocycles. The van der Waals surface area contributed by atoms with Gasteiger partial charge >= 0.3 is 23.0 Å². The molecule has 0 saturated carbocycles. The molecule has 0 bridgehead atoms. The van der Waals surface area contributed by atoms with Crippen molar-refractivity contribution in [3.8, 4) is 0 Å². The van der Waals surface area contributed by atoms with Crippen LogP contribution in [0.3, 0.4) is 0 Å². The van der Waals surface area contributed by atoms with E-state index < -0.39 is 12.1 Å². The molecule has 44 valence electrons. The maximum atomic E-state index is 9.45. The normalized spacial score (nSPS) is 11.7. The van der Waals surface area contributed by atoms with Gasteiger partial charge < -0.3 is 10.2 Å². The number of carbonyl (C=O) groups is 1. The van der Waals surface area contributed by atoms with Gasteiger partial charge in [-0.2, -0.15) is 0 Å². The summed E-state index contributed by atoms with van der Waals surface area (Å²) >= 11 is 0. The van der Waals surface area contributed by atoms with Crippen LogP contribution in [-0.4, -0.2) is 39.4 Å². The van der Waals surface area contributed by atoms with Crippen LogP contribution in [0.5, 0.6) is 0 Å². The van der Waals surface area contributed by atoms with Crippen LogP contribution in [0.4, 0.5) is 0 Å². The topological polar surface area (TPSA) is 57.5 Å². The number of carboxylic acids is 1. The van der Waals surface area contributed by atoms with E-state index in [1.165, 1.54) is 6.92 Å². The van der Waals surface area contributed by atoms with Crippen molar-refractivity contribution in [2.24, 2.45) is 0 Å². The van der Waals surface area contributed by atoms with Gasteiger partial charge in [-0.1, -0.05) is 0 Å². The zero-order valence-corrected chi connectivity index (χ0v) is 5.98. The number of rotatable bonds is 1. The van der Waals surface area contributed by atoms with E-state index in [-0.39, 0.29) is 17.1 Å². The van der Waals surface area contributed by atoms with E-state index in [0.29, 0.717) is 0 Å². The Morgan fingerprint density at radius 2 is 1.86 bits per heavy atom. The van der Waals surface area contributed by atoms with Crippen molar-refractivity contribution in [3.63, 3.8) is 0 Å². The molecule has 0 aromatic carbocycles. The van der Waals surface area contributed by atoms with E-state index >= 15 is 0 Å². The van der Waals surface area contributed by atoms with Crippen molar-refractivity contribution in [3.05, 3.63) is 0 Å². The summed E-state index contributed by atoms with van der Waals surface area (Å²) in [6, 6.07) is 0. The molecule has 4 heteroatoms. The van der Waals surface area contributed by atoms with Gasteiger partial charge in [0.25, 0.3) is 0 Å². The number of hydrogen-bond donors (Lipinski definition) is 2. The number of aliphatic hydroxyl groups excluding tert-OH is 1. The van der Waals surface area contributed by atoms with Crippen LogP contribution in [-0.2, 0) is 4.79 Å². The molecule has 0 aliphatic carbocycles. The summed E-state index contributed by atoms with van der Waals surface area (Å²) in [5.41, 5.74) is 0. The summed E-state index contributed by atoms with van der Waals surface area (Å²) in [7, 11) is 0. The first-order valence-electron chi connectivity index (χ1n) is 1.55. The van der Waals surface area contributed by atoms with E-state index in [4.69, 9.17) is 10.2 Å². The third-order valence-corrected chi connectivity index (χ3v) is 0.357. The van der Waals surface area contributed by atoms with Crippen molar-refractivity contribution in [2.45, 2.75) is 13.0 Å². The zero-order valence-electron chi connectivity index (χ0n) is 3.88. The second-order valence-corrected chi connectivity index (χ2v) is 1.01. The van der Waals surface area contributed by atoms with E-state index in [1.807, 2.05) is 0 Å². The van der Waals surface area contributed by atoms with Crippen molar-refractivity contribution in [2.75, 3.05) is 0 Å². The molecule has 3 nitrogen and oxygen atoms in total. The second kappa shape index (κ2) is 4.12. The molecule has 2 N–H and O–H groups in total. The zero-order chi connectivity index (χ0) is 5.15. The standard InChI is InChI=1S/C3H6O3.H2Se/c1-2(4)3(5)6;/h2,4H,1H3,(H,5,6);1H2. The van der Waals surface area contributed by atoms with Gasteiger partial charge in [-0.05, 0) is 6.92 Å². The fourth-order valence-electron chi connectivity index (χ4n) is 0. The minimum absolute atomic E-state index is 0. The molecule has 1 unspecified atom stereocenters. The number of hydrogen-bond acceptors (Lipinski definition) is 2. The fraction of sp³-hybridized carbons (Fsp3) is 0.667. The molecule has 0 aliphatic heterocycles. The van der Waals surface area contributed by atoms with E-state index in [2.05, 4.69) is 0 Å². The molecule has 0 aliphatic rings. The second-order valence-electron chi connectivity index (χ2n) is 1.01. The Morgan fingerprint density at radius 1 is 1.71 bits per heavy atom. The Bertz CT molecular complexity index is 61.2. The summed E-state index contributed by atoms with van der Waals surface area (Å²) in [4.78, 5) is 9.45. The molecule has 0 fully saturated rings. The van der Waals surface area contributed by atoms with Crippen LogP contribution < -0.4 is 0 Å². The van der Waals surface area contributed by atoms with Crippen molar-refractivity contribution < 1.29 is 15.0 Å². The van der Waals surface area contributed by atoms with Crippen molar-refractivity contribution in [1.29, 1.82) is 0 Å². The molecule has 0 rings (SSSR count). The molecular formula is C3H8O3Se. The fourth-order valence-corrected chi connectivity index (χ4v) is 0. The van der Waals surface area contributed by atoms with Gasteiger partial charge in [-0.25, -0.2) is 4.79 Å². The van der Waals surface area contributed by atoms with Crippen LogP contribution in [0.25, 0.3) is 0 Å². The van der Waals surface area contributed by atoms with E-state index in [9.17, 15) is 4.79 Å². The third kappa shape index (κ3) is 5.95. The molecule has 0 amide bonds. The number of aliphatic carboxylic acids is 1. The van der Waals surface area contributed by atoms with Gasteiger partial charge in [0.2, 0.25) is 0 Å². The Morgan fingerprint density at radius 3 is 1.86 bits per heavy atom. The summed E-state index contributed by atoms with van der Waals surface area (Å²) in [6.45, 7) is 1.20. The Hall–Kier alpha value is -0.0505. The summed E-state index contributed by atoms with van der Waals surface area (Å²) in [5.74, 6) is -1.19. The molecule has 0 saturated heterocycles. The summed E-state index contributed by atoms with van der Waals surface area (Å²) in [6.07, 6.45) is -1.23. The van der Waals surface area contributed by atoms with Gasteiger partial charge in [0.15, 0.2) is 0 Å². The van der Waals surface area contributed by atoms with E-state index in [0.717, 1.165) is 0 Å². The Balaban J connectivity index is 0. The van der Waals surface area contributed by atoms with Crippen LogP contribution in [0.2, 0.25) is 0 Å². The van der Waals surface area contributed by atoms with Gasteiger partial charge in [0.05, 0.1) is 0 Å². The summed E-state index contributed by atoms with van der Waals surface area (Å²) in [5, 5.41) is 15.8. The first-order chi connectivity index (χ1) is 2.64. The van der Waals surface area contributed by atoms with Gasteiger partial charge in [0, 0.05) is 0 Å². The molecule has 0 aromatic rings. The molecule has 0 spiro atoms. The molecule has 0 aromatic heterocycles. The third-order valence-electron chi connectivity index (χ3n) is 0.357. The molecule has 7 heavy (non-hydrogen) atoms. The predicted molar refractivity (Wildman–Crippen MR) is 27.9 cm³/mol. The average molecular weight is 171 g/mol. The van der Waals surface area contributed by atoms with E-state index in [1.54, 1.807) is 0 Å². The predicted octanol–water partition coefficient (Wildman–Crippen LogP) is -1.46. The Kier molecular flexibility index (Phi) is 5.91. The van der Waals surface area contributed by atoms with Gasteiger partial charge in [0.1, 0.15) is 6.10 Å². The van der Waals surface area contributed by atoms with Crippen molar-refractivity contribution >= 4 is 23.0 Å². The minimum atomic E-state index is -1.23. The first kappa shape index (κ1) is 10.0. The molecule has 1 atom stereocenters. The maximum absolute atomic E-state index is 9.45. The van der Waals surface area contributed by atoms with Crippen LogP contribution in [0.15, 0.2) is 0 Å². The summed E-state index contributed by atoms with van der Waals surface area (Å²) < 4.78 is 0. The monoisotopic (exact) mass is 172 g/mol. The number of aliphatic hydroxyl groups is 1. The molecule has 0 radical (unpaired) electrons. The number of carboxylic acid groups (broad SMARTS) is 1. The van der Waals surface area contributed by atoms with Crippen LogP contribution >= 0.6 is 0 Å². The quantitative estimate of drug-likeness (QED) is 0.474.